The third kappa shape index (κ3) is 7.99. The van der Waals surface area contributed by atoms with E-state index in [0.717, 1.165) is 0 Å². The van der Waals surface area contributed by atoms with Crippen molar-refractivity contribution in [2.45, 2.75) is 32.7 Å². The lowest BCUT2D eigenvalue weighted by molar-refractivity contribution is -0.298. The van der Waals surface area contributed by atoms with Crippen molar-refractivity contribution in [3.63, 3.8) is 0 Å². The minimum absolute atomic E-state index is 0.234. The van der Waals surface area contributed by atoms with Gasteiger partial charge in [0, 0.05) is 6.54 Å². The fourth-order valence-corrected chi connectivity index (χ4v) is 1.18. The molecule has 0 bridgehead atoms. The fourth-order valence-electron chi connectivity index (χ4n) is 1.18. The molecule has 0 heterocycles. The quantitative estimate of drug-likeness (QED) is 0.256. The molecule has 0 aromatic heterocycles. The van der Waals surface area contributed by atoms with Crippen LogP contribution < -0.4 is 10.6 Å². The van der Waals surface area contributed by atoms with Crippen LogP contribution in [0.15, 0.2) is 0 Å². The lowest BCUT2D eigenvalue weighted by Gasteiger charge is -2.29. The number of aliphatic hydroxyl groups is 2. The maximum atomic E-state index is 11.5. The molecule has 0 saturated carbocycles. The van der Waals surface area contributed by atoms with Gasteiger partial charge in [-0.2, -0.15) is 0 Å². The molecule has 0 spiro atoms. The molecule has 0 radical (unpaired) electrons. The highest BCUT2D eigenvalue weighted by Gasteiger charge is 2.28. The summed E-state index contributed by atoms with van der Waals surface area (Å²) in [5.41, 5.74) is -0.987. The first kappa shape index (κ1) is 18.1. The molecule has 0 aromatic rings. The Kier molecular flexibility index (Phi) is 9.50. The first-order valence-electron chi connectivity index (χ1n) is 6.51. The summed E-state index contributed by atoms with van der Waals surface area (Å²) >= 11 is 0. The van der Waals surface area contributed by atoms with Crippen molar-refractivity contribution < 1.29 is 24.8 Å². The Morgan fingerprint density at radius 3 is 2.37 bits per heavy atom. The van der Waals surface area contributed by atoms with Crippen molar-refractivity contribution in [2.24, 2.45) is 5.92 Å². The van der Waals surface area contributed by atoms with Crippen molar-refractivity contribution in [3.05, 3.63) is 0 Å². The molecule has 0 atom stereocenters. The third-order valence-electron chi connectivity index (χ3n) is 2.62. The lowest BCUT2D eigenvalue weighted by Crippen LogP contribution is -2.56. The predicted molar refractivity (Wildman–Crippen MR) is 70.5 cm³/mol. The van der Waals surface area contributed by atoms with E-state index in [-0.39, 0.29) is 26.4 Å². The van der Waals surface area contributed by atoms with Gasteiger partial charge in [-0.1, -0.05) is 20.8 Å². The van der Waals surface area contributed by atoms with Crippen molar-refractivity contribution in [1.82, 2.24) is 10.6 Å². The molecule has 2 amide bonds. The summed E-state index contributed by atoms with van der Waals surface area (Å²) in [6.07, 6.45) is 0.432. The van der Waals surface area contributed by atoms with E-state index >= 15 is 0 Å². The second-order valence-corrected chi connectivity index (χ2v) is 4.83. The molecule has 114 valence electrons. The Labute approximate surface area is 114 Å². The first-order valence-corrected chi connectivity index (χ1v) is 6.51. The number of hydrogen-bond donors (Lipinski definition) is 4. The van der Waals surface area contributed by atoms with Crippen LogP contribution >= 0.6 is 0 Å². The van der Waals surface area contributed by atoms with E-state index < -0.39 is 11.6 Å². The largest absolute Gasteiger partial charge is 0.394 e. The molecule has 19 heavy (non-hydrogen) atoms. The van der Waals surface area contributed by atoms with Crippen LogP contribution in [0.4, 0.5) is 4.79 Å². The van der Waals surface area contributed by atoms with E-state index in [1.165, 1.54) is 0 Å². The number of rotatable bonds is 10. The molecule has 7 heteroatoms. The number of hydrogen-bond acceptors (Lipinski definition) is 5. The first-order chi connectivity index (χ1) is 8.99. The van der Waals surface area contributed by atoms with Crippen LogP contribution in [0, 0.1) is 5.92 Å². The number of amides is 2. The van der Waals surface area contributed by atoms with E-state index in [2.05, 4.69) is 10.6 Å². The Balaban J connectivity index is 3.75. The van der Waals surface area contributed by atoms with Crippen molar-refractivity contribution >= 4 is 6.03 Å². The van der Waals surface area contributed by atoms with E-state index in [1.807, 2.05) is 13.8 Å². The van der Waals surface area contributed by atoms with Crippen LogP contribution in [0.1, 0.15) is 27.2 Å². The van der Waals surface area contributed by atoms with Gasteiger partial charge in [-0.25, -0.2) is 14.6 Å². The van der Waals surface area contributed by atoms with Gasteiger partial charge in [0.05, 0.1) is 32.0 Å². The number of nitrogens with one attached hydrogen (secondary N) is 2. The fraction of sp³-hybridized carbons (Fsp3) is 0.917. The van der Waals surface area contributed by atoms with Gasteiger partial charge in [0.2, 0.25) is 0 Å². The zero-order valence-electron chi connectivity index (χ0n) is 11.9. The molecular weight excluding hydrogens is 252 g/mol. The number of urea groups is 1. The number of carbonyl (C=O) groups is 1. The summed E-state index contributed by atoms with van der Waals surface area (Å²) < 4.78 is 0. The molecule has 0 aliphatic rings. The predicted octanol–water partition coefficient (Wildman–Crippen LogP) is 0.0232. The Hall–Kier alpha value is -0.890. The van der Waals surface area contributed by atoms with Crippen LogP contribution in [-0.2, 0) is 9.78 Å². The second-order valence-electron chi connectivity index (χ2n) is 4.83. The molecule has 0 saturated heterocycles. The van der Waals surface area contributed by atoms with E-state index in [4.69, 9.17) is 9.78 Å². The summed E-state index contributed by atoms with van der Waals surface area (Å²) in [4.78, 5) is 21.3. The van der Waals surface area contributed by atoms with Gasteiger partial charge < -0.3 is 20.8 Å². The Morgan fingerprint density at radius 2 is 1.89 bits per heavy atom. The Bertz CT molecular complexity index is 236. The zero-order chi connectivity index (χ0) is 14.7. The van der Waals surface area contributed by atoms with Gasteiger partial charge >= 0.3 is 6.03 Å². The summed E-state index contributed by atoms with van der Waals surface area (Å²) in [6, 6.07) is -0.461. The number of aliphatic hydroxyl groups excluding tert-OH is 2. The van der Waals surface area contributed by atoms with Crippen LogP contribution in [0.25, 0.3) is 0 Å². The highest BCUT2D eigenvalue weighted by Crippen LogP contribution is 2.07. The molecule has 0 fully saturated rings. The minimum atomic E-state index is -0.987. The summed E-state index contributed by atoms with van der Waals surface area (Å²) in [7, 11) is 0. The third-order valence-corrected chi connectivity index (χ3v) is 2.62. The van der Waals surface area contributed by atoms with Gasteiger partial charge in [0.15, 0.2) is 0 Å². The molecule has 0 aromatic carbocycles. The van der Waals surface area contributed by atoms with Crippen molar-refractivity contribution in [3.8, 4) is 0 Å². The maximum Gasteiger partial charge on any atom is 0.315 e. The van der Waals surface area contributed by atoms with Gasteiger partial charge in [0.1, 0.15) is 0 Å². The zero-order valence-corrected chi connectivity index (χ0v) is 11.9. The molecule has 0 unspecified atom stereocenters. The minimum Gasteiger partial charge on any atom is -0.394 e. The second kappa shape index (κ2) is 9.96. The van der Waals surface area contributed by atoms with Gasteiger partial charge in [0.25, 0.3) is 0 Å². The summed E-state index contributed by atoms with van der Waals surface area (Å²) in [6.45, 7) is 6.16. The van der Waals surface area contributed by atoms with Gasteiger partial charge in [-0.05, 0) is 12.3 Å². The van der Waals surface area contributed by atoms with E-state index in [9.17, 15) is 15.0 Å². The highest BCUT2D eigenvalue weighted by molar-refractivity contribution is 5.74. The molecule has 7 nitrogen and oxygen atoms in total. The van der Waals surface area contributed by atoms with Crippen molar-refractivity contribution in [1.29, 1.82) is 0 Å². The van der Waals surface area contributed by atoms with E-state index in [0.29, 0.717) is 18.9 Å². The molecule has 0 rings (SSSR count). The standard InChI is InChI=1S/C12H26N2O5/c1-4-12(8-15,9-16)14-11(17)13-5-6-18-19-7-10(2)3/h10,15-16H,4-9H2,1-3H3,(H2,13,14,17). The molecule has 0 aliphatic carbocycles. The van der Waals surface area contributed by atoms with Crippen LogP contribution in [0.2, 0.25) is 0 Å². The molecular formula is C12H26N2O5. The lowest BCUT2D eigenvalue weighted by atomic mass is 9.99. The maximum absolute atomic E-state index is 11.5. The van der Waals surface area contributed by atoms with Gasteiger partial charge in [-0.3, -0.25) is 0 Å². The van der Waals surface area contributed by atoms with E-state index in [1.54, 1.807) is 6.92 Å². The topological polar surface area (TPSA) is 100 Å². The highest BCUT2D eigenvalue weighted by atomic mass is 17.2. The summed E-state index contributed by atoms with van der Waals surface area (Å²) in [5.74, 6) is 0.385. The summed E-state index contributed by atoms with van der Waals surface area (Å²) in [5, 5.41) is 23.4. The average molecular weight is 278 g/mol. The van der Waals surface area contributed by atoms with Crippen LogP contribution in [0.5, 0.6) is 0 Å². The monoisotopic (exact) mass is 278 g/mol. The van der Waals surface area contributed by atoms with Crippen LogP contribution in [-0.4, -0.2) is 54.8 Å². The van der Waals surface area contributed by atoms with Crippen LogP contribution in [0.3, 0.4) is 0 Å². The van der Waals surface area contributed by atoms with Crippen molar-refractivity contribution in [2.75, 3.05) is 33.0 Å². The molecule has 0 aliphatic heterocycles. The number of carbonyl (C=O) groups excluding carboxylic acids is 1. The smallest absolute Gasteiger partial charge is 0.315 e. The SMILES string of the molecule is CCC(CO)(CO)NC(=O)NCCOOCC(C)C. The average Bonchev–Trinajstić information content (AvgIpc) is 2.40. The molecule has 4 N–H and O–H groups in total. The Morgan fingerprint density at radius 1 is 1.26 bits per heavy atom. The van der Waals surface area contributed by atoms with Gasteiger partial charge in [-0.15, -0.1) is 0 Å². The normalized spacial score (nSPS) is 11.7.